The van der Waals surface area contributed by atoms with Crippen molar-refractivity contribution in [2.75, 3.05) is 50.4 Å². The van der Waals surface area contributed by atoms with Gasteiger partial charge in [-0.1, -0.05) is 85.6 Å². The zero-order valence-corrected chi connectivity index (χ0v) is 27.7. The number of nitrogens with zero attached hydrogens (tertiary/aromatic N) is 2. The molecule has 0 saturated carbocycles. The summed E-state index contributed by atoms with van der Waals surface area (Å²) in [4.78, 5) is 22.4. The second-order valence-corrected chi connectivity index (χ2v) is 12.8. The maximum absolute atomic E-state index is 14.2. The highest BCUT2D eigenvalue weighted by Crippen LogP contribution is 2.55. The van der Waals surface area contributed by atoms with Crippen molar-refractivity contribution in [3.63, 3.8) is 0 Å². The summed E-state index contributed by atoms with van der Waals surface area (Å²) < 4.78 is 6.03. The Labute approximate surface area is 275 Å². The van der Waals surface area contributed by atoms with E-state index in [2.05, 4.69) is 53.6 Å². The van der Waals surface area contributed by atoms with Gasteiger partial charge in [0.15, 0.2) is 0 Å². The van der Waals surface area contributed by atoms with Gasteiger partial charge in [-0.25, -0.2) is 4.79 Å². The van der Waals surface area contributed by atoms with Crippen LogP contribution in [-0.2, 0) is 16.0 Å². The SMILES string of the molecule is CCN(CC)CCNCCSC1=C(C(=O)OCCCc2ccccc2)C(c2ccc(Cl)c(Cl)c2)C2N=CNc3cccc1c32. The van der Waals surface area contributed by atoms with E-state index in [9.17, 15) is 4.79 Å². The third-order valence-corrected chi connectivity index (χ3v) is 10.1. The molecule has 0 aromatic heterocycles. The Balaban J connectivity index is 1.45. The molecule has 2 aliphatic rings. The molecule has 2 atom stereocenters. The summed E-state index contributed by atoms with van der Waals surface area (Å²) in [5.74, 6) is 0.116. The van der Waals surface area contributed by atoms with Gasteiger partial charge >= 0.3 is 5.97 Å². The van der Waals surface area contributed by atoms with E-state index in [0.717, 1.165) is 78.6 Å². The van der Waals surface area contributed by atoms with Crippen LogP contribution in [0.15, 0.2) is 77.3 Å². The molecule has 0 radical (unpaired) electrons. The highest BCUT2D eigenvalue weighted by atomic mass is 35.5. The van der Waals surface area contributed by atoms with E-state index in [0.29, 0.717) is 22.2 Å². The summed E-state index contributed by atoms with van der Waals surface area (Å²) in [6, 6.07) is 21.8. The van der Waals surface area contributed by atoms with Gasteiger partial charge in [0.1, 0.15) is 0 Å². The van der Waals surface area contributed by atoms with Crippen molar-refractivity contribution in [1.29, 1.82) is 0 Å². The standard InChI is InChI=1S/C35H40Cl2N4O2S/c1-3-41(4-2)19-17-38-18-21-44-34-26-13-8-14-29-31(26)33(40-23-39-29)30(25-15-16-27(36)28(37)22-25)32(34)35(42)43-20-9-12-24-10-6-5-7-11-24/h5-8,10-11,13-16,22-23,30,33,38H,3-4,9,12,17-21H2,1-2H3,(H,39,40). The number of benzene rings is 3. The van der Waals surface area contributed by atoms with E-state index >= 15 is 0 Å². The average molecular weight is 652 g/mol. The molecule has 3 aromatic rings. The summed E-state index contributed by atoms with van der Waals surface area (Å²) in [5, 5.41) is 7.82. The number of carbonyl (C=O) groups excluding carboxylic acids is 1. The molecule has 5 rings (SSSR count). The van der Waals surface area contributed by atoms with Gasteiger partial charge in [-0.3, -0.25) is 4.99 Å². The average Bonchev–Trinajstić information content (AvgIpc) is 3.05. The maximum atomic E-state index is 14.2. The molecular formula is C35H40Cl2N4O2S. The van der Waals surface area contributed by atoms with E-state index in [1.807, 2.05) is 36.4 Å². The molecule has 44 heavy (non-hydrogen) atoms. The predicted octanol–water partition coefficient (Wildman–Crippen LogP) is 7.84. The quantitative estimate of drug-likeness (QED) is 0.129. The van der Waals surface area contributed by atoms with E-state index in [4.69, 9.17) is 32.9 Å². The molecule has 2 unspecified atom stereocenters. The van der Waals surface area contributed by atoms with Gasteiger partial charge in [-0.15, -0.1) is 11.8 Å². The minimum absolute atomic E-state index is 0.303. The molecule has 0 saturated heterocycles. The molecule has 0 fully saturated rings. The first kappa shape index (κ1) is 32.6. The maximum Gasteiger partial charge on any atom is 0.335 e. The summed E-state index contributed by atoms with van der Waals surface area (Å²) in [6.07, 6.45) is 3.31. The van der Waals surface area contributed by atoms with Gasteiger partial charge in [0.25, 0.3) is 0 Å². The Hall–Kier alpha value is -2.81. The van der Waals surface area contributed by atoms with Crippen molar-refractivity contribution < 1.29 is 9.53 Å². The lowest BCUT2D eigenvalue weighted by Gasteiger charge is -2.37. The minimum atomic E-state index is -0.378. The van der Waals surface area contributed by atoms with Gasteiger partial charge in [-0.05, 0) is 60.8 Å². The Morgan fingerprint density at radius 2 is 1.84 bits per heavy atom. The number of rotatable bonds is 15. The summed E-state index contributed by atoms with van der Waals surface area (Å²) in [6.45, 7) is 9.55. The number of nitrogens with one attached hydrogen (secondary N) is 2. The number of likely N-dealkylation sites (N-methyl/N-ethyl adjacent to an activating group) is 1. The van der Waals surface area contributed by atoms with Crippen LogP contribution in [0.4, 0.5) is 5.69 Å². The van der Waals surface area contributed by atoms with Crippen LogP contribution in [-0.4, -0.2) is 62.3 Å². The molecular weight excluding hydrogens is 611 g/mol. The van der Waals surface area contributed by atoms with Crippen molar-refractivity contribution in [1.82, 2.24) is 10.2 Å². The van der Waals surface area contributed by atoms with Crippen LogP contribution in [0.25, 0.3) is 4.91 Å². The number of hydrogen-bond acceptors (Lipinski definition) is 7. The van der Waals surface area contributed by atoms with Crippen LogP contribution in [0.2, 0.25) is 10.0 Å². The van der Waals surface area contributed by atoms with Crippen molar-refractivity contribution in [2.24, 2.45) is 4.99 Å². The Morgan fingerprint density at radius 3 is 2.61 bits per heavy atom. The fourth-order valence-electron chi connectivity index (χ4n) is 5.89. The number of hydrogen-bond donors (Lipinski definition) is 2. The first-order valence-corrected chi connectivity index (χ1v) is 17.1. The summed E-state index contributed by atoms with van der Waals surface area (Å²) >= 11 is 14.6. The van der Waals surface area contributed by atoms with Crippen molar-refractivity contribution in [2.45, 2.75) is 38.6 Å². The van der Waals surface area contributed by atoms with Gasteiger partial charge < -0.3 is 20.3 Å². The van der Waals surface area contributed by atoms with E-state index < -0.39 is 0 Å². The number of aliphatic imine (C=N–C) groups is 1. The van der Waals surface area contributed by atoms with Crippen LogP contribution < -0.4 is 10.6 Å². The lowest BCUT2D eigenvalue weighted by molar-refractivity contribution is -0.139. The van der Waals surface area contributed by atoms with E-state index in [1.54, 1.807) is 24.2 Å². The Bertz CT molecular complexity index is 1490. The number of anilines is 1. The lowest BCUT2D eigenvalue weighted by Crippen LogP contribution is -2.32. The van der Waals surface area contributed by atoms with Crippen LogP contribution in [0, 0.1) is 0 Å². The smallest absolute Gasteiger partial charge is 0.335 e. The molecule has 0 amide bonds. The Morgan fingerprint density at radius 1 is 1.02 bits per heavy atom. The van der Waals surface area contributed by atoms with Crippen molar-refractivity contribution in [3.8, 4) is 0 Å². The van der Waals surface area contributed by atoms with E-state index in [1.165, 1.54) is 5.56 Å². The number of ether oxygens (including phenoxy) is 1. The van der Waals surface area contributed by atoms with Crippen LogP contribution in [0.1, 0.15) is 54.5 Å². The molecule has 232 valence electrons. The molecule has 2 N–H and O–H groups in total. The third kappa shape index (κ3) is 7.69. The molecule has 3 aromatic carbocycles. The fourth-order valence-corrected chi connectivity index (χ4v) is 7.34. The lowest BCUT2D eigenvalue weighted by atomic mass is 9.74. The fraction of sp³-hybridized carbons (Fsp3) is 0.371. The number of esters is 1. The number of aryl methyl sites for hydroxylation is 1. The van der Waals surface area contributed by atoms with Gasteiger partial charge in [-0.2, -0.15) is 0 Å². The Kier molecular flexibility index (Phi) is 11.8. The molecule has 9 heteroatoms. The van der Waals surface area contributed by atoms with Gasteiger partial charge in [0.2, 0.25) is 0 Å². The minimum Gasteiger partial charge on any atom is -0.462 e. The van der Waals surface area contributed by atoms with Crippen LogP contribution in [0.5, 0.6) is 0 Å². The number of carbonyl (C=O) groups is 1. The number of halogens is 2. The molecule has 0 bridgehead atoms. The second kappa shape index (κ2) is 16.0. The van der Waals surface area contributed by atoms with Gasteiger partial charge in [0.05, 0.1) is 34.6 Å². The molecule has 0 spiro atoms. The topological polar surface area (TPSA) is 66.0 Å². The van der Waals surface area contributed by atoms with Crippen LogP contribution in [0.3, 0.4) is 0 Å². The summed E-state index contributed by atoms with van der Waals surface area (Å²) in [5.41, 5.74) is 5.85. The van der Waals surface area contributed by atoms with E-state index in [-0.39, 0.29) is 17.9 Å². The third-order valence-electron chi connectivity index (χ3n) is 8.21. The van der Waals surface area contributed by atoms with Crippen molar-refractivity contribution >= 4 is 57.9 Å². The zero-order chi connectivity index (χ0) is 30.9. The highest BCUT2D eigenvalue weighted by molar-refractivity contribution is 8.08. The zero-order valence-electron chi connectivity index (χ0n) is 25.3. The largest absolute Gasteiger partial charge is 0.462 e. The molecule has 1 heterocycles. The van der Waals surface area contributed by atoms with Crippen LogP contribution >= 0.6 is 35.0 Å². The normalized spacial score (nSPS) is 17.0. The first-order valence-electron chi connectivity index (χ1n) is 15.4. The first-order chi connectivity index (χ1) is 21.5. The molecule has 1 aliphatic heterocycles. The second-order valence-electron chi connectivity index (χ2n) is 10.9. The number of thioether (sulfide) groups is 1. The summed E-state index contributed by atoms with van der Waals surface area (Å²) in [7, 11) is 0. The monoisotopic (exact) mass is 650 g/mol. The highest BCUT2D eigenvalue weighted by Gasteiger charge is 2.42. The predicted molar refractivity (Wildman–Crippen MR) is 186 cm³/mol. The van der Waals surface area contributed by atoms with Gasteiger partial charge in [0, 0.05) is 47.5 Å². The molecule has 6 nitrogen and oxygen atoms in total. The molecule has 1 aliphatic carbocycles. The van der Waals surface area contributed by atoms with Crippen molar-refractivity contribution in [3.05, 3.63) is 105 Å².